The van der Waals surface area contributed by atoms with Crippen molar-refractivity contribution in [2.45, 2.75) is 0 Å². The van der Waals surface area contributed by atoms with Gasteiger partial charge in [0.1, 0.15) is 11.5 Å². The molecule has 0 amide bonds. The van der Waals surface area contributed by atoms with Gasteiger partial charge in [0.2, 0.25) is 0 Å². The maximum absolute atomic E-state index is 10.1. The molecule has 100 valence electrons. The highest BCUT2D eigenvalue weighted by molar-refractivity contribution is 6.93. The Morgan fingerprint density at radius 2 is 1.11 bits per heavy atom. The molecule has 0 aliphatic rings. The fourth-order valence-electron chi connectivity index (χ4n) is 2.17. The lowest BCUT2D eigenvalue weighted by molar-refractivity contribution is 0.270. The second-order valence-electron chi connectivity index (χ2n) is 4.06. The highest BCUT2D eigenvalue weighted by Crippen LogP contribution is 2.18. The van der Waals surface area contributed by atoms with Crippen molar-refractivity contribution in [3.8, 4) is 11.5 Å². The Kier molecular flexibility index (Phi) is 3.89. The van der Waals surface area contributed by atoms with Gasteiger partial charge in [-0.3, -0.25) is 0 Å². The van der Waals surface area contributed by atoms with Crippen molar-refractivity contribution < 1.29 is 19.1 Å². The molecular formula is C14H16O4Si. The van der Waals surface area contributed by atoms with Crippen molar-refractivity contribution in [1.82, 2.24) is 0 Å². The van der Waals surface area contributed by atoms with Gasteiger partial charge in [0, 0.05) is 24.6 Å². The average Bonchev–Trinajstić information content (AvgIpc) is 2.44. The van der Waals surface area contributed by atoms with Crippen molar-refractivity contribution in [3.63, 3.8) is 0 Å². The summed E-state index contributed by atoms with van der Waals surface area (Å²) < 4.78 is 11.2. The van der Waals surface area contributed by atoms with Crippen LogP contribution < -0.4 is 10.4 Å². The molecule has 2 N–H and O–H groups in total. The molecule has 0 aliphatic heterocycles. The summed E-state index contributed by atoms with van der Waals surface area (Å²) in [6.07, 6.45) is 0. The van der Waals surface area contributed by atoms with Crippen molar-refractivity contribution in [2.24, 2.45) is 0 Å². The minimum atomic E-state index is -3.08. The Hall–Kier alpha value is -1.82. The summed E-state index contributed by atoms with van der Waals surface area (Å²) in [5.74, 6) is 0.197. The number of para-hydroxylation sites is 2. The van der Waals surface area contributed by atoms with Crippen LogP contribution >= 0.6 is 0 Å². The minimum Gasteiger partial charge on any atom is -0.508 e. The van der Waals surface area contributed by atoms with E-state index >= 15 is 0 Å². The fourth-order valence-corrected chi connectivity index (χ4v) is 4.98. The third-order valence-electron chi connectivity index (χ3n) is 3.09. The maximum atomic E-state index is 10.1. The third-order valence-corrected chi connectivity index (χ3v) is 6.51. The van der Waals surface area contributed by atoms with E-state index in [4.69, 9.17) is 8.85 Å². The van der Waals surface area contributed by atoms with E-state index in [0.29, 0.717) is 10.4 Å². The zero-order chi connectivity index (χ0) is 13.9. The van der Waals surface area contributed by atoms with Crippen LogP contribution in [0.5, 0.6) is 11.5 Å². The first-order valence-electron chi connectivity index (χ1n) is 5.83. The van der Waals surface area contributed by atoms with Crippen molar-refractivity contribution >= 4 is 18.9 Å². The van der Waals surface area contributed by atoms with Crippen LogP contribution in [0.3, 0.4) is 0 Å². The van der Waals surface area contributed by atoms with Crippen LogP contribution in [0.15, 0.2) is 48.5 Å². The lowest BCUT2D eigenvalue weighted by atomic mass is 10.3. The maximum Gasteiger partial charge on any atom is 0.414 e. The first-order chi connectivity index (χ1) is 9.15. The molecule has 0 fully saturated rings. The molecule has 0 unspecified atom stereocenters. The molecule has 0 spiro atoms. The van der Waals surface area contributed by atoms with Gasteiger partial charge in [0.15, 0.2) is 0 Å². The largest absolute Gasteiger partial charge is 0.508 e. The molecule has 5 heteroatoms. The standard InChI is InChI=1S/C14H16O4Si/c1-17-19(18-2,13-9-5-3-7-11(13)15)14-10-6-4-8-12(14)16/h3-10,15-16H,1-2H3. The Bertz CT molecular complexity index is 519. The molecule has 2 rings (SSSR count). The van der Waals surface area contributed by atoms with E-state index in [1.807, 2.05) is 0 Å². The molecule has 0 radical (unpaired) electrons. The monoisotopic (exact) mass is 276 g/mol. The number of benzene rings is 2. The Morgan fingerprint density at radius 1 is 0.737 bits per heavy atom. The van der Waals surface area contributed by atoms with Crippen LogP contribution in [0.2, 0.25) is 0 Å². The molecule has 0 aromatic heterocycles. The fraction of sp³-hybridized carbons (Fsp3) is 0.143. The van der Waals surface area contributed by atoms with Crippen molar-refractivity contribution in [3.05, 3.63) is 48.5 Å². The third kappa shape index (κ3) is 2.23. The first-order valence-corrected chi connectivity index (χ1v) is 7.64. The lowest BCUT2D eigenvalue weighted by Crippen LogP contribution is -2.62. The summed E-state index contributed by atoms with van der Waals surface area (Å²) in [4.78, 5) is 0. The number of aromatic hydroxyl groups is 2. The molecule has 0 saturated heterocycles. The van der Waals surface area contributed by atoms with Gasteiger partial charge < -0.3 is 19.1 Å². The molecule has 0 bridgehead atoms. The zero-order valence-electron chi connectivity index (χ0n) is 10.8. The number of phenolic OH excluding ortho intramolecular Hbond substituents is 2. The van der Waals surface area contributed by atoms with E-state index in [0.717, 1.165) is 0 Å². The molecule has 0 aliphatic carbocycles. The zero-order valence-corrected chi connectivity index (χ0v) is 11.8. The normalized spacial score (nSPS) is 11.5. The van der Waals surface area contributed by atoms with E-state index in [9.17, 15) is 10.2 Å². The first kappa shape index (κ1) is 13.6. The molecule has 19 heavy (non-hydrogen) atoms. The van der Waals surface area contributed by atoms with Crippen LogP contribution in [0.4, 0.5) is 0 Å². The van der Waals surface area contributed by atoms with E-state index < -0.39 is 8.56 Å². The number of rotatable bonds is 4. The quantitative estimate of drug-likeness (QED) is 0.816. The van der Waals surface area contributed by atoms with Crippen molar-refractivity contribution in [1.29, 1.82) is 0 Å². The molecule has 0 atom stereocenters. The van der Waals surface area contributed by atoms with Gasteiger partial charge in [0.05, 0.1) is 0 Å². The van der Waals surface area contributed by atoms with Crippen LogP contribution in [-0.4, -0.2) is 33.0 Å². The van der Waals surface area contributed by atoms with Crippen molar-refractivity contribution in [2.75, 3.05) is 14.2 Å². The van der Waals surface area contributed by atoms with E-state index in [2.05, 4.69) is 0 Å². The Labute approximate surface area is 113 Å². The van der Waals surface area contributed by atoms with Crippen LogP contribution in [0, 0.1) is 0 Å². The van der Waals surface area contributed by atoms with Gasteiger partial charge in [-0.05, 0) is 12.1 Å². The molecule has 2 aromatic rings. The van der Waals surface area contributed by atoms with Gasteiger partial charge in [-0.25, -0.2) is 0 Å². The second-order valence-corrected chi connectivity index (χ2v) is 7.19. The van der Waals surface area contributed by atoms with Crippen LogP contribution in [0.1, 0.15) is 0 Å². The smallest absolute Gasteiger partial charge is 0.414 e. The second kappa shape index (κ2) is 5.44. The summed E-state index contributed by atoms with van der Waals surface area (Å²) >= 11 is 0. The highest BCUT2D eigenvalue weighted by atomic mass is 28.4. The lowest BCUT2D eigenvalue weighted by Gasteiger charge is -2.29. The Balaban J connectivity index is 2.69. The molecule has 4 nitrogen and oxygen atoms in total. The predicted octanol–water partition coefficient (Wildman–Crippen LogP) is 0.947. The van der Waals surface area contributed by atoms with E-state index in [1.165, 1.54) is 14.2 Å². The number of hydrogen-bond donors (Lipinski definition) is 2. The topological polar surface area (TPSA) is 58.9 Å². The summed E-state index contributed by atoms with van der Waals surface area (Å²) in [5.41, 5.74) is 0. The molecular weight excluding hydrogens is 260 g/mol. The summed E-state index contributed by atoms with van der Waals surface area (Å²) in [7, 11) is -0.0399. The highest BCUT2D eigenvalue weighted by Gasteiger charge is 2.44. The van der Waals surface area contributed by atoms with Gasteiger partial charge in [-0.2, -0.15) is 0 Å². The molecule has 0 heterocycles. The Morgan fingerprint density at radius 3 is 1.42 bits per heavy atom. The van der Waals surface area contributed by atoms with E-state index in [1.54, 1.807) is 48.5 Å². The predicted molar refractivity (Wildman–Crippen MR) is 75.3 cm³/mol. The summed E-state index contributed by atoms with van der Waals surface area (Å²) in [5, 5.41) is 21.2. The van der Waals surface area contributed by atoms with Gasteiger partial charge in [-0.15, -0.1) is 0 Å². The average molecular weight is 276 g/mol. The van der Waals surface area contributed by atoms with Gasteiger partial charge in [0.25, 0.3) is 0 Å². The summed E-state index contributed by atoms with van der Waals surface area (Å²) in [6.45, 7) is 0. The van der Waals surface area contributed by atoms with Gasteiger partial charge >= 0.3 is 8.56 Å². The number of phenols is 2. The summed E-state index contributed by atoms with van der Waals surface area (Å²) in [6, 6.07) is 13.7. The van der Waals surface area contributed by atoms with Crippen LogP contribution in [0.25, 0.3) is 0 Å². The molecule has 0 saturated carbocycles. The SMILES string of the molecule is CO[Si](OC)(c1ccccc1O)c1ccccc1O. The molecule has 2 aromatic carbocycles. The van der Waals surface area contributed by atoms with Gasteiger partial charge in [-0.1, -0.05) is 36.4 Å². The van der Waals surface area contributed by atoms with E-state index in [-0.39, 0.29) is 11.5 Å². The minimum absolute atomic E-state index is 0.0983. The van der Waals surface area contributed by atoms with Crippen LogP contribution in [-0.2, 0) is 8.85 Å². The number of hydrogen-bond acceptors (Lipinski definition) is 4.